The van der Waals surface area contributed by atoms with E-state index in [1.165, 1.54) is 6.07 Å². The van der Waals surface area contributed by atoms with Crippen LogP contribution < -0.4 is 5.32 Å². The first-order chi connectivity index (χ1) is 10.1. The number of benzene rings is 1. The number of nitrogens with zero attached hydrogens (tertiary/aromatic N) is 3. The van der Waals surface area contributed by atoms with Gasteiger partial charge in [0, 0.05) is 26.2 Å². The summed E-state index contributed by atoms with van der Waals surface area (Å²) in [7, 11) is 0. The van der Waals surface area contributed by atoms with Crippen LogP contribution in [0.1, 0.15) is 24.4 Å². The minimum absolute atomic E-state index is 0.0677. The molecule has 1 N–H and O–H groups in total. The van der Waals surface area contributed by atoms with Crippen molar-refractivity contribution in [1.29, 1.82) is 0 Å². The van der Waals surface area contributed by atoms with Gasteiger partial charge in [-0.15, -0.1) is 0 Å². The summed E-state index contributed by atoms with van der Waals surface area (Å²) in [6, 6.07) is 5.05. The molecule has 1 aromatic carbocycles. The van der Waals surface area contributed by atoms with Crippen LogP contribution in [0.4, 0.5) is 4.39 Å². The maximum absolute atomic E-state index is 14.0. The summed E-state index contributed by atoms with van der Waals surface area (Å²) in [6.45, 7) is 7.71. The first kappa shape index (κ1) is 14.2. The van der Waals surface area contributed by atoms with Gasteiger partial charge in [-0.2, -0.15) is 4.98 Å². The van der Waals surface area contributed by atoms with Crippen molar-refractivity contribution < 1.29 is 8.91 Å². The lowest BCUT2D eigenvalue weighted by molar-refractivity contribution is 0.176. The molecule has 5 nitrogen and oxygen atoms in total. The standard InChI is InChI=1S/C15H19FN4O/c1-10-3-4-12(13(16)9-10)15-18-14(19-21-15)11(2)20-7-5-17-6-8-20/h3-4,9,11,17H,5-8H2,1-2H3. The van der Waals surface area contributed by atoms with Gasteiger partial charge in [-0.25, -0.2) is 4.39 Å². The SMILES string of the molecule is Cc1ccc(-c2nc(C(C)N3CCNCC3)no2)c(F)c1. The van der Waals surface area contributed by atoms with Gasteiger partial charge in [-0.3, -0.25) is 4.90 Å². The number of hydrogen-bond donors (Lipinski definition) is 1. The van der Waals surface area contributed by atoms with Crippen molar-refractivity contribution in [1.82, 2.24) is 20.4 Å². The smallest absolute Gasteiger partial charge is 0.260 e. The van der Waals surface area contributed by atoms with Crippen LogP contribution in [0.2, 0.25) is 0 Å². The predicted octanol–water partition coefficient (Wildman–Crippen LogP) is 2.15. The Labute approximate surface area is 123 Å². The second kappa shape index (κ2) is 5.91. The quantitative estimate of drug-likeness (QED) is 0.938. The molecule has 1 fully saturated rings. The molecule has 1 aromatic heterocycles. The Morgan fingerprint density at radius 3 is 2.81 bits per heavy atom. The van der Waals surface area contributed by atoms with E-state index in [0.717, 1.165) is 31.7 Å². The molecule has 1 aliphatic heterocycles. The normalized spacial score (nSPS) is 17.9. The van der Waals surface area contributed by atoms with Gasteiger partial charge in [-0.1, -0.05) is 11.2 Å². The minimum Gasteiger partial charge on any atom is -0.334 e. The van der Waals surface area contributed by atoms with Crippen LogP contribution in [0.15, 0.2) is 22.7 Å². The summed E-state index contributed by atoms with van der Waals surface area (Å²) in [5.74, 6) is 0.511. The monoisotopic (exact) mass is 290 g/mol. The lowest BCUT2D eigenvalue weighted by Gasteiger charge is -2.30. The van der Waals surface area contributed by atoms with Crippen LogP contribution >= 0.6 is 0 Å². The lowest BCUT2D eigenvalue weighted by Crippen LogP contribution is -2.44. The summed E-state index contributed by atoms with van der Waals surface area (Å²) >= 11 is 0. The van der Waals surface area contributed by atoms with Crippen molar-refractivity contribution in [2.75, 3.05) is 26.2 Å². The van der Waals surface area contributed by atoms with E-state index in [4.69, 9.17) is 4.52 Å². The van der Waals surface area contributed by atoms with E-state index in [2.05, 4.69) is 20.4 Å². The Morgan fingerprint density at radius 1 is 1.33 bits per heavy atom. The highest BCUT2D eigenvalue weighted by Crippen LogP contribution is 2.25. The predicted molar refractivity (Wildman–Crippen MR) is 77.3 cm³/mol. The third-order valence-electron chi connectivity index (χ3n) is 3.87. The Balaban J connectivity index is 1.82. The van der Waals surface area contributed by atoms with Gasteiger partial charge in [-0.05, 0) is 31.5 Å². The van der Waals surface area contributed by atoms with Gasteiger partial charge >= 0.3 is 0 Å². The number of hydrogen-bond acceptors (Lipinski definition) is 5. The molecule has 21 heavy (non-hydrogen) atoms. The van der Waals surface area contributed by atoms with Crippen LogP contribution in [-0.2, 0) is 0 Å². The zero-order chi connectivity index (χ0) is 14.8. The van der Waals surface area contributed by atoms with Crippen LogP contribution in [0, 0.1) is 12.7 Å². The maximum atomic E-state index is 14.0. The molecule has 1 atom stereocenters. The molecule has 2 heterocycles. The van der Waals surface area contributed by atoms with E-state index in [0.29, 0.717) is 11.4 Å². The second-order valence-electron chi connectivity index (χ2n) is 5.40. The van der Waals surface area contributed by atoms with E-state index in [9.17, 15) is 4.39 Å². The Morgan fingerprint density at radius 2 is 2.10 bits per heavy atom. The van der Waals surface area contributed by atoms with E-state index in [1.807, 2.05) is 19.9 Å². The number of nitrogens with one attached hydrogen (secondary N) is 1. The summed E-state index contributed by atoms with van der Waals surface area (Å²) in [4.78, 5) is 6.65. The van der Waals surface area contributed by atoms with Gasteiger partial charge in [0.05, 0.1) is 11.6 Å². The highest BCUT2D eigenvalue weighted by Gasteiger charge is 2.23. The van der Waals surface area contributed by atoms with Crippen LogP contribution in [0.3, 0.4) is 0 Å². The third kappa shape index (κ3) is 2.96. The molecule has 0 saturated carbocycles. The molecule has 1 unspecified atom stereocenters. The molecular weight excluding hydrogens is 271 g/mol. The fourth-order valence-corrected chi connectivity index (χ4v) is 2.54. The average molecular weight is 290 g/mol. The molecule has 112 valence electrons. The topological polar surface area (TPSA) is 54.2 Å². The van der Waals surface area contributed by atoms with E-state index in [-0.39, 0.29) is 17.7 Å². The molecule has 0 radical (unpaired) electrons. The summed E-state index contributed by atoms with van der Waals surface area (Å²) < 4.78 is 19.2. The molecule has 0 bridgehead atoms. The maximum Gasteiger partial charge on any atom is 0.260 e. The number of rotatable bonds is 3. The van der Waals surface area contributed by atoms with Crippen molar-refractivity contribution in [3.8, 4) is 11.5 Å². The van der Waals surface area contributed by atoms with Crippen molar-refractivity contribution >= 4 is 0 Å². The number of piperazine rings is 1. The molecule has 0 spiro atoms. The third-order valence-corrected chi connectivity index (χ3v) is 3.87. The van der Waals surface area contributed by atoms with Crippen molar-refractivity contribution in [3.05, 3.63) is 35.4 Å². The van der Waals surface area contributed by atoms with Gasteiger partial charge in [0.15, 0.2) is 5.82 Å². The van der Waals surface area contributed by atoms with Crippen LogP contribution in [0.5, 0.6) is 0 Å². The van der Waals surface area contributed by atoms with E-state index >= 15 is 0 Å². The summed E-state index contributed by atoms with van der Waals surface area (Å²) in [5, 5.41) is 7.33. The van der Waals surface area contributed by atoms with Gasteiger partial charge in [0.1, 0.15) is 5.82 Å². The summed E-state index contributed by atoms with van der Waals surface area (Å²) in [5.41, 5.74) is 1.22. The highest BCUT2D eigenvalue weighted by molar-refractivity contribution is 5.54. The Hall–Kier alpha value is -1.79. The van der Waals surface area contributed by atoms with Crippen molar-refractivity contribution in [2.45, 2.75) is 19.9 Å². The summed E-state index contributed by atoms with van der Waals surface area (Å²) in [6.07, 6.45) is 0. The zero-order valence-electron chi connectivity index (χ0n) is 12.3. The van der Waals surface area contributed by atoms with Crippen LogP contribution in [0.25, 0.3) is 11.5 Å². The van der Waals surface area contributed by atoms with Gasteiger partial charge in [0.25, 0.3) is 5.89 Å². The number of aryl methyl sites for hydroxylation is 1. The molecule has 1 saturated heterocycles. The largest absolute Gasteiger partial charge is 0.334 e. The van der Waals surface area contributed by atoms with Gasteiger partial charge < -0.3 is 9.84 Å². The van der Waals surface area contributed by atoms with Crippen molar-refractivity contribution in [2.24, 2.45) is 0 Å². The number of halogens is 1. The fraction of sp³-hybridized carbons (Fsp3) is 0.467. The first-order valence-electron chi connectivity index (χ1n) is 7.20. The molecule has 3 rings (SSSR count). The van der Waals surface area contributed by atoms with E-state index < -0.39 is 0 Å². The minimum atomic E-state index is -0.333. The van der Waals surface area contributed by atoms with E-state index in [1.54, 1.807) is 6.07 Å². The molecule has 6 heteroatoms. The van der Waals surface area contributed by atoms with Crippen LogP contribution in [-0.4, -0.2) is 41.2 Å². The lowest BCUT2D eigenvalue weighted by atomic mass is 10.1. The average Bonchev–Trinajstić information content (AvgIpc) is 2.97. The van der Waals surface area contributed by atoms with Crippen molar-refractivity contribution in [3.63, 3.8) is 0 Å². The molecule has 0 amide bonds. The number of aromatic nitrogens is 2. The second-order valence-corrected chi connectivity index (χ2v) is 5.40. The molecule has 0 aliphatic carbocycles. The fourth-order valence-electron chi connectivity index (χ4n) is 2.54. The Kier molecular flexibility index (Phi) is 3.98. The first-order valence-corrected chi connectivity index (χ1v) is 7.20. The molecule has 1 aliphatic rings. The molecular formula is C15H19FN4O. The Bertz CT molecular complexity index is 622. The van der Waals surface area contributed by atoms with Gasteiger partial charge in [0.2, 0.25) is 0 Å². The zero-order valence-corrected chi connectivity index (χ0v) is 12.3. The highest BCUT2D eigenvalue weighted by atomic mass is 19.1. The molecule has 2 aromatic rings.